The molecule has 0 spiro atoms. The van der Waals surface area contributed by atoms with Crippen LogP contribution in [-0.2, 0) is 6.54 Å². The van der Waals surface area contributed by atoms with Gasteiger partial charge in [0.1, 0.15) is 0 Å². The first-order valence-corrected chi connectivity index (χ1v) is 6.89. The Morgan fingerprint density at radius 1 is 1.24 bits per heavy atom. The Morgan fingerprint density at radius 2 is 2.00 bits per heavy atom. The molecule has 2 rings (SSSR count). The lowest BCUT2D eigenvalue weighted by Gasteiger charge is -2.15. The number of nitrogens with one attached hydrogen (secondary N) is 1. The van der Waals surface area contributed by atoms with Crippen molar-refractivity contribution < 1.29 is 0 Å². The van der Waals surface area contributed by atoms with Crippen LogP contribution in [0.5, 0.6) is 0 Å². The van der Waals surface area contributed by atoms with Crippen LogP contribution >= 0.6 is 0 Å². The van der Waals surface area contributed by atoms with E-state index in [1.807, 2.05) is 4.68 Å². The van der Waals surface area contributed by atoms with E-state index in [1.54, 1.807) is 0 Å². The monoisotopic (exact) mass is 237 g/mol. The number of tetrazole rings is 1. The molecule has 1 heterocycles. The Labute approximate surface area is 103 Å². The standard InChI is InChI=1S/C12H23N5/c1-2-9-13-10-12-14-15-16-17(12)11-7-5-3-4-6-8-11/h11,13H,2-10H2,1H3. The van der Waals surface area contributed by atoms with E-state index in [2.05, 4.69) is 27.8 Å². The zero-order valence-corrected chi connectivity index (χ0v) is 10.7. The first-order chi connectivity index (χ1) is 8.42. The molecule has 1 aliphatic rings. The van der Waals surface area contributed by atoms with Crippen molar-refractivity contribution in [3.63, 3.8) is 0 Å². The maximum absolute atomic E-state index is 4.18. The Morgan fingerprint density at radius 3 is 2.71 bits per heavy atom. The maximum atomic E-state index is 4.18. The molecule has 1 aliphatic carbocycles. The van der Waals surface area contributed by atoms with Gasteiger partial charge in [-0.25, -0.2) is 4.68 Å². The molecule has 0 radical (unpaired) electrons. The third-order valence-electron chi connectivity index (χ3n) is 3.44. The van der Waals surface area contributed by atoms with Crippen molar-refractivity contribution in [3.05, 3.63) is 5.82 Å². The van der Waals surface area contributed by atoms with Crippen LogP contribution in [0.1, 0.15) is 63.7 Å². The summed E-state index contributed by atoms with van der Waals surface area (Å²) in [6.45, 7) is 3.98. The van der Waals surface area contributed by atoms with Crippen LogP contribution in [0, 0.1) is 0 Å². The summed E-state index contributed by atoms with van der Waals surface area (Å²) in [5.41, 5.74) is 0. The molecule has 0 aliphatic heterocycles. The SMILES string of the molecule is CCCNCc1nnnn1C1CCCCCC1. The second kappa shape index (κ2) is 6.69. The fraction of sp³-hybridized carbons (Fsp3) is 0.917. The lowest BCUT2D eigenvalue weighted by Crippen LogP contribution is -2.20. The molecule has 0 amide bonds. The molecule has 17 heavy (non-hydrogen) atoms. The molecule has 5 nitrogen and oxygen atoms in total. The minimum atomic E-state index is 0.519. The van der Waals surface area contributed by atoms with E-state index >= 15 is 0 Å². The highest BCUT2D eigenvalue weighted by molar-refractivity contribution is 4.84. The zero-order valence-electron chi connectivity index (χ0n) is 10.7. The summed E-state index contributed by atoms with van der Waals surface area (Å²) in [6.07, 6.45) is 8.95. The maximum Gasteiger partial charge on any atom is 0.165 e. The van der Waals surface area contributed by atoms with E-state index in [0.29, 0.717) is 6.04 Å². The van der Waals surface area contributed by atoms with E-state index in [4.69, 9.17) is 0 Å². The summed E-state index contributed by atoms with van der Waals surface area (Å²) in [6, 6.07) is 0.519. The molecule has 0 saturated heterocycles. The van der Waals surface area contributed by atoms with E-state index in [1.165, 1.54) is 38.5 Å². The minimum absolute atomic E-state index is 0.519. The number of hydrogen-bond donors (Lipinski definition) is 1. The van der Waals surface area contributed by atoms with Gasteiger partial charge >= 0.3 is 0 Å². The zero-order chi connectivity index (χ0) is 11.9. The van der Waals surface area contributed by atoms with E-state index in [9.17, 15) is 0 Å². The Hall–Kier alpha value is -0.970. The predicted molar refractivity (Wildman–Crippen MR) is 66.6 cm³/mol. The van der Waals surface area contributed by atoms with Crippen LogP contribution in [0.4, 0.5) is 0 Å². The molecule has 96 valence electrons. The van der Waals surface area contributed by atoms with Gasteiger partial charge in [-0.2, -0.15) is 0 Å². The van der Waals surface area contributed by atoms with Crippen molar-refractivity contribution in [1.82, 2.24) is 25.5 Å². The predicted octanol–water partition coefficient (Wildman–Crippen LogP) is 2.07. The fourth-order valence-corrected chi connectivity index (χ4v) is 2.49. The number of aromatic nitrogens is 4. The molecule has 0 unspecified atom stereocenters. The van der Waals surface area contributed by atoms with Crippen LogP contribution in [0.15, 0.2) is 0 Å². The molecule has 0 atom stereocenters. The summed E-state index contributed by atoms with van der Waals surface area (Å²) >= 11 is 0. The number of nitrogens with zero attached hydrogens (tertiary/aromatic N) is 4. The molecule has 0 aromatic carbocycles. The van der Waals surface area contributed by atoms with Gasteiger partial charge in [-0.1, -0.05) is 32.6 Å². The summed E-state index contributed by atoms with van der Waals surface area (Å²) in [5.74, 6) is 0.991. The summed E-state index contributed by atoms with van der Waals surface area (Å²) in [5, 5.41) is 15.5. The highest BCUT2D eigenvalue weighted by Gasteiger charge is 2.18. The molecule has 1 fully saturated rings. The molecular formula is C12H23N5. The van der Waals surface area contributed by atoms with Crippen LogP contribution in [0.2, 0.25) is 0 Å². The third-order valence-corrected chi connectivity index (χ3v) is 3.44. The van der Waals surface area contributed by atoms with Gasteiger partial charge in [0.05, 0.1) is 12.6 Å². The average Bonchev–Trinajstić information content (AvgIpc) is 2.63. The highest BCUT2D eigenvalue weighted by atomic mass is 15.6. The molecular weight excluding hydrogens is 214 g/mol. The van der Waals surface area contributed by atoms with Crippen LogP contribution in [0.25, 0.3) is 0 Å². The molecule has 1 N–H and O–H groups in total. The van der Waals surface area contributed by atoms with Crippen LogP contribution < -0.4 is 5.32 Å². The minimum Gasteiger partial charge on any atom is -0.310 e. The average molecular weight is 237 g/mol. The summed E-state index contributed by atoms with van der Waals surface area (Å²) in [7, 11) is 0. The quantitative estimate of drug-likeness (QED) is 0.629. The Bertz CT molecular complexity index is 314. The fourth-order valence-electron chi connectivity index (χ4n) is 2.49. The molecule has 5 heteroatoms. The van der Waals surface area contributed by atoms with Crippen molar-refractivity contribution in [2.24, 2.45) is 0 Å². The first kappa shape index (κ1) is 12.5. The van der Waals surface area contributed by atoms with E-state index in [0.717, 1.165) is 25.3 Å². The lowest BCUT2D eigenvalue weighted by atomic mass is 10.1. The normalized spacial score (nSPS) is 18.2. The van der Waals surface area contributed by atoms with Crippen molar-refractivity contribution in [2.45, 2.75) is 64.5 Å². The number of hydrogen-bond acceptors (Lipinski definition) is 4. The molecule has 1 aromatic rings. The molecule has 0 bridgehead atoms. The third kappa shape index (κ3) is 3.49. The summed E-state index contributed by atoms with van der Waals surface area (Å²) < 4.78 is 2.05. The second-order valence-corrected chi connectivity index (χ2v) is 4.86. The van der Waals surface area contributed by atoms with Crippen molar-refractivity contribution in [2.75, 3.05) is 6.54 Å². The van der Waals surface area contributed by atoms with Gasteiger partial charge in [-0.3, -0.25) is 0 Å². The van der Waals surface area contributed by atoms with E-state index in [-0.39, 0.29) is 0 Å². The van der Waals surface area contributed by atoms with Gasteiger partial charge in [0, 0.05) is 0 Å². The van der Waals surface area contributed by atoms with Crippen molar-refractivity contribution in [3.8, 4) is 0 Å². The number of rotatable bonds is 5. The van der Waals surface area contributed by atoms with Crippen molar-refractivity contribution in [1.29, 1.82) is 0 Å². The van der Waals surface area contributed by atoms with Gasteiger partial charge in [-0.05, 0) is 36.2 Å². The molecule has 1 saturated carbocycles. The van der Waals surface area contributed by atoms with Gasteiger partial charge in [0.2, 0.25) is 0 Å². The van der Waals surface area contributed by atoms with Crippen LogP contribution in [-0.4, -0.2) is 26.8 Å². The second-order valence-electron chi connectivity index (χ2n) is 4.86. The van der Waals surface area contributed by atoms with E-state index < -0.39 is 0 Å². The van der Waals surface area contributed by atoms with Gasteiger partial charge in [0.25, 0.3) is 0 Å². The van der Waals surface area contributed by atoms with Gasteiger partial charge < -0.3 is 5.32 Å². The van der Waals surface area contributed by atoms with Crippen LogP contribution in [0.3, 0.4) is 0 Å². The highest BCUT2D eigenvalue weighted by Crippen LogP contribution is 2.26. The van der Waals surface area contributed by atoms with Crippen molar-refractivity contribution >= 4 is 0 Å². The Kier molecular flexibility index (Phi) is 4.91. The first-order valence-electron chi connectivity index (χ1n) is 6.89. The van der Waals surface area contributed by atoms with Gasteiger partial charge in [-0.15, -0.1) is 5.10 Å². The lowest BCUT2D eigenvalue weighted by molar-refractivity contribution is 0.380. The van der Waals surface area contributed by atoms with Gasteiger partial charge in [0.15, 0.2) is 5.82 Å². The Balaban J connectivity index is 1.96. The molecule has 1 aromatic heterocycles. The largest absolute Gasteiger partial charge is 0.310 e. The topological polar surface area (TPSA) is 55.6 Å². The smallest absolute Gasteiger partial charge is 0.165 e. The summed E-state index contributed by atoms with van der Waals surface area (Å²) in [4.78, 5) is 0.